The highest BCUT2D eigenvalue weighted by Gasteiger charge is 2.25. The van der Waals surface area contributed by atoms with E-state index < -0.39 is 0 Å². The van der Waals surface area contributed by atoms with Crippen LogP contribution in [0.5, 0.6) is 5.75 Å². The van der Waals surface area contributed by atoms with Crippen molar-refractivity contribution in [2.45, 2.75) is 45.3 Å². The fraction of sp³-hybridized carbons (Fsp3) is 0.500. The number of methoxy groups -OCH3 is 1. The summed E-state index contributed by atoms with van der Waals surface area (Å²) >= 11 is 0. The molecular formula is C26H33N5O3. The SMILES string of the molecule is COc1ccc(-c2ccc3c(N4CCOC[C@@H]4C)nc(N4CCCCCC4)nc3n2)cc1CO. The van der Waals surface area contributed by atoms with Crippen molar-refractivity contribution < 1.29 is 14.6 Å². The lowest BCUT2D eigenvalue weighted by Gasteiger charge is -2.35. The third kappa shape index (κ3) is 4.52. The number of ether oxygens (including phenoxy) is 2. The van der Waals surface area contributed by atoms with Crippen LogP contribution < -0.4 is 14.5 Å². The monoisotopic (exact) mass is 463 g/mol. The van der Waals surface area contributed by atoms with Gasteiger partial charge in [-0.05, 0) is 50.1 Å². The van der Waals surface area contributed by atoms with Gasteiger partial charge in [0.05, 0.1) is 44.1 Å². The normalized spacial score (nSPS) is 19.3. The lowest BCUT2D eigenvalue weighted by atomic mass is 10.1. The van der Waals surface area contributed by atoms with Gasteiger partial charge in [-0.1, -0.05) is 12.8 Å². The van der Waals surface area contributed by atoms with Gasteiger partial charge in [0.15, 0.2) is 5.65 Å². The Hall–Kier alpha value is -2.97. The van der Waals surface area contributed by atoms with Gasteiger partial charge < -0.3 is 24.4 Å². The fourth-order valence-electron chi connectivity index (χ4n) is 4.88. The molecule has 0 bridgehead atoms. The second kappa shape index (κ2) is 10.1. The first-order valence-electron chi connectivity index (χ1n) is 12.2. The van der Waals surface area contributed by atoms with E-state index in [1.807, 2.05) is 24.3 Å². The van der Waals surface area contributed by atoms with E-state index >= 15 is 0 Å². The van der Waals surface area contributed by atoms with E-state index in [1.54, 1.807) is 7.11 Å². The predicted octanol–water partition coefficient (Wildman–Crippen LogP) is 3.80. The molecule has 2 aliphatic heterocycles. The lowest BCUT2D eigenvalue weighted by molar-refractivity contribution is 0.0987. The molecule has 0 amide bonds. The molecule has 3 aromatic rings. The zero-order chi connectivity index (χ0) is 23.5. The Kier molecular flexibility index (Phi) is 6.78. The molecule has 0 aliphatic carbocycles. The minimum Gasteiger partial charge on any atom is -0.496 e. The summed E-state index contributed by atoms with van der Waals surface area (Å²) in [5.41, 5.74) is 3.16. The number of morpholine rings is 1. The molecule has 2 saturated heterocycles. The van der Waals surface area contributed by atoms with E-state index in [0.29, 0.717) is 24.6 Å². The molecule has 1 atom stereocenters. The van der Waals surface area contributed by atoms with Gasteiger partial charge >= 0.3 is 0 Å². The predicted molar refractivity (Wildman–Crippen MR) is 134 cm³/mol. The fourth-order valence-corrected chi connectivity index (χ4v) is 4.88. The van der Waals surface area contributed by atoms with Crippen LogP contribution in [0.3, 0.4) is 0 Å². The van der Waals surface area contributed by atoms with Crippen molar-refractivity contribution in [3.05, 3.63) is 35.9 Å². The third-order valence-electron chi connectivity index (χ3n) is 6.80. The van der Waals surface area contributed by atoms with E-state index in [-0.39, 0.29) is 12.6 Å². The molecule has 1 aromatic carbocycles. The molecule has 8 nitrogen and oxygen atoms in total. The van der Waals surface area contributed by atoms with Crippen molar-refractivity contribution in [1.29, 1.82) is 0 Å². The van der Waals surface area contributed by atoms with E-state index in [2.05, 4.69) is 22.8 Å². The number of nitrogens with zero attached hydrogens (tertiary/aromatic N) is 5. The van der Waals surface area contributed by atoms with Gasteiger partial charge in [-0.3, -0.25) is 0 Å². The Labute approximate surface area is 200 Å². The number of rotatable bonds is 5. The molecule has 0 spiro atoms. The van der Waals surface area contributed by atoms with E-state index in [0.717, 1.165) is 66.4 Å². The van der Waals surface area contributed by atoms with Crippen LogP contribution in [0.1, 0.15) is 38.2 Å². The van der Waals surface area contributed by atoms with Gasteiger partial charge in [0, 0.05) is 30.8 Å². The largest absolute Gasteiger partial charge is 0.496 e. The topological polar surface area (TPSA) is 83.8 Å². The highest BCUT2D eigenvalue weighted by Crippen LogP contribution is 2.32. The first-order valence-corrected chi connectivity index (χ1v) is 12.2. The van der Waals surface area contributed by atoms with Gasteiger partial charge in [0.1, 0.15) is 11.6 Å². The highest BCUT2D eigenvalue weighted by atomic mass is 16.5. The van der Waals surface area contributed by atoms with Crippen molar-refractivity contribution >= 4 is 22.8 Å². The number of aliphatic hydroxyl groups excluding tert-OH is 1. The van der Waals surface area contributed by atoms with Gasteiger partial charge in [0.25, 0.3) is 0 Å². The van der Waals surface area contributed by atoms with Crippen LogP contribution in [-0.2, 0) is 11.3 Å². The molecule has 2 fully saturated rings. The summed E-state index contributed by atoms with van der Waals surface area (Å²) in [5, 5.41) is 10.7. The second-order valence-electron chi connectivity index (χ2n) is 9.12. The van der Waals surface area contributed by atoms with Crippen molar-refractivity contribution in [3.8, 4) is 17.0 Å². The molecule has 34 heavy (non-hydrogen) atoms. The average molecular weight is 464 g/mol. The molecule has 4 heterocycles. The minimum absolute atomic E-state index is 0.0923. The summed E-state index contributed by atoms with van der Waals surface area (Å²) in [5.74, 6) is 2.37. The summed E-state index contributed by atoms with van der Waals surface area (Å²) < 4.78 is 11.0. The van der Waals surface area contributed by atoms with Crippen LogP contribution in [0.25, 0.3) is 22.3 Å². The second-order valence-corrected chi connectivity index (χ2v) is 9.12. The number of aliphatic hydroxyl groups is 1. The van der Waals surface area contributed by atoms with E-state index in [9.17, 15) is 5.11 Å². The number of fused-ring (bicyclic) bond motifs is 1. The van der Waals surface area contributed by atoms with Crippen LogP contribution in [0, 0.1) is 0 Å². The molecule has 5 rings (SSSR count). The summed E-state index contributed by atoms with van der Waals surface area (Å²) in [7, 11) is 1.61. The summed E-state index contributed by atoms with van der Waals surface area (Å²) in [6.45, 7) is 6.21. The van der Waals surface area contributed by atoms with E-state index in [1.165, 1.54) is 12.8 Å². The Bertz CT molecular complexity index is 1150. The zero-order valence-corrected chi connectivity index (χ0v) is 20.0. The smallest absolute Gasteiger partial charge is 0.229 e. The maximum atomic E-state index is 9.76. The quantitative estimate of drug-likeness (QED) is 0.612. The highest BCUT2D eigenvalue weighted by molar-refractivity contribution is 5.90. The summed E-state index contributed by atoms with van der Waals surface area (Å²) in [4.78, 5) is 19.7. The average Bonchev–Trinajstić information content (AvgIpc) is 3.17. The maximum Gasteiger partial charge on any atom is 0.229 e. The maximum absolute atomic E-state index is 9.76. The first-order chi connectivity index (χ1) is 16.7. The number of hydrogen-bond donors (Lipinski definition) is 1. The van der Waals surface area contributed by atoms with E-state index in [4.69, 9.17) is 24.4 Å². The Balaban J connectivity index is 1.62. The molecule has 0 saturated carbocycles. The van der Waals surface area contributed by atoms with Crippen molar-refractivity contribution in [1.82, 2.24) is 15.0 Å². The molecule has 0 unspecified atom stereocenters. The standard InChI is InChI=1S/C26H33N5O3/c1-18-17-34-14-13-31(18)25-21-8-9-22(19-7-10-23(33-2)20(15-19)16-32)27-24(21)28-26(29-25)30-11-5-3-4-6-12-30/h7-10,15,18,32H,3-6,11-14,16-17H2,1-2H3/t18-/m0/s1. The van der Waals surface area contributed by atoms with Crippen LogP contribution >= 0.6 is 0 Å². The van der Waals surface area contributed by atoms with Gasteiger partial charge in [0.2, 0.25) is 5.95 Å². The number of hydrogen-bond acceptors (Lipinski definition) is 8. The molecule has 2 aromatic heterocycles. The van der Waals surface area contributed by atoms with Crippen LogP contribution in [0.4, 0.5) is 11.8 Å². The molecule has 8 heteroatoms. The van der Waals surface area contributed by atoms with Crippen molar-refractivity contribution in [2.24, 2.45) is 0 Å². The molecule has 2 aliphatic rings. The molecule has 1 N–H and O–H groups in total. The number of pyridine rings is 1. The zero-order valence-electron chi connectivity index (χ0n) is 20.0. The summed E-state index contributed by atoms with van der Waals surface area (Å²) in [6.07, 6.45) is 4.83. The molecule has 0 radical (unpaired) electrons. The Morgan fingerprint density at radius 2 is 1.85 bits per heavy atom. The van der Waals surface area contributed by atoms with Crippen molar-refractivity contribution in [2.75, 3.05) is 49.8 Å². The Morgan fingerprint density at radius 1 is 1.03 bits per heavy atom. The van der Waals surface area contributed by atoms with Crippen LogP contribution in [-0.4, -0.2) is 66.1 Å². The Morgan fingerprint density at radius 3 is 2.59 bits per heavy atom. The number of benzene rings is 1. The molecule has 180 valence electrons. The number of anilines is 2. The lowest BCUT2D eigenvalue weighted by Crippen LogP contribution is -2.44. The molecular weight excluding hydrogens is 430 g/mol. The van der Waals surface area contributed by atoms with Gasteiger partial charge in [-0.15, -0.1) is 0 Å². The van der Waals surface area contributed by atoms with Gasteiger partial charge in [-0.2, -0.15) is 9.97 Å². The minimum atomic E-state index is -0.0923. The van der Waals surface area contributed by atoms with Crippen molar-refractivity contribution in [3.63, 3.8) is 0 Å². The third-order valence-corrected chi connectivity index (χ3v) is 6.80. The summed E-state index contributed by atoms with van der Waals surface area (Å²) in [6, 6.07) is 10.1. The number of aromatic nitrogens is 3. The first kappa shape index (κ1) is 22.8. The van der Waals surface area contributed by atoms with Crippen LogP contribution in [0.2, 0.25) is 0 Å². The van der Waals surface area contributed by atoms with Gasteiger partial charge in [-0.25, -0.2) is 4.98 Å². The van der Waals surface area contributed by atoms with Crippen LogP contribution in [0.15, 0.2) is 30.3 Å².